The highest BCUT2D eigenvalue weighted by Gasteiger charge is 2.33. The van der Waals surface area contributed by atoms with Crippen LogP contribution in [0, 0.1) is 0 Å². The molecular weight excluding hydrogens is 276 g/mol. The van der Waals surface area contributed by atoms with Gasteiger partial charge in [0.15, 0.2) is 5.65 Å². The van der Waals surface area contributed by atoms with Crippen LogP contribution in [0.1, 0.15) is 41.0 Å². The highest BCUT2D eigenvalue weighted by atomic mass is 16.2. The fourth-order valence-electron chi connectivity index (χ4n) is 3.28. The van der Waals surface area contributed by atoms with Crippen molar-refractivity contribution in [3.8, 4) is 0 Å². The van der Waals surface area contributed by atoms with E-state index in [4.69, 9.17) is 0 Å². The Hall–Kier alpha value is -2.69. The second kappa shape index (κ2) is 4.94. The van der Waals surface area contributed by atoms with E-state index in [1.54, 1.807) is 6.20 Å². The molecule has 1 aliphatic heterocycles. The topological polar surface area (TPSA) is 61.9 Å². The van der Waals surface area contributed by atoms with Gasteiger partial charge in [0, 0.05) is 12.7 Å². The Bertz CT molecular complexity index is 854. The average molecular weight is 292 g/mol. The van der Waals surface area contributed by atoms with Crippen LogP contribution in [0.25, 0.3) is 11.0 Å². The van der Waals surface area contributed by atoms with Crippen LogP contribution < -0.4 is 0 Å². The van der Waals surface area contributed by atoms with Gasteiger partial charge in [-0.25, -0.2) is 4.98 Å². The Morgan fingerprint density at radius 3 is 3.05 bits per heavy atom. The molecular formula is C17H16N4O. The maximum Gasteiger partial charge on any atom is 0.273 e. The molecule has 0 saturated carbocycles. The number of pyridine rings is 1. The van der Waals surface area contributed by atoms with Gasteiger partial charge in [-0.05, 0) is 29.7 Å². The summed E-state index contributed by atoms with van der Waals surface area (Å²) in [5.41, 5.74) is 3.58. The number of aromatic amines is 1. The van der Waals surface area contributed by atoms with Crippen molar-refractivity contribution in [2.75, 3.05) is 0 Å². The van der Waals surface area contributed by atoms with E-state index in [-0.39, 0.29) is 11.9 Å². The molecule has 110 valence electrons. The number of hydrogen-bond acceptors (Lipinski definition) is 3. The Kier molecular flexibility index (Phi) is 2.92. The van der Waals surface area contributed by atoms with Gasteiger partial charge in [0.05, 0.1) is 11.4 Å². The second-order valence-corrected chi connectivity index (χ2v) is 5.53. The molecule has 22 heavy (non-hydrogen) atoms. The third-order valence-electron chi connectivity index (χ3n) is 4.32. The van der Waals surface area contributed by atoms with E-state index in [2.05, 4.69) is 34.2 Å². The number of carbonyl (C=O) groups is 1. The third kappa shape index (κ3) is 1.82. The van der Waals surface area contributed by atoms with Crippen molar-refractivity contribution in [1.82, 2.24) is 20.1 Å². The molecule has 1 atom stereocenters. The van der Waals surface area contributed by atoms with Crippen LogP contribution in [0.3, 0.4) is 0 Å². The number of aromatic nitrogens is 3. The van der Waals surface area contributed by atoms with E-state index in [9.17, 15) is 4.79 Å². The summed E-state index contributed by atoms with van der Waals surface area (Å²) in [6.07, 6.45) is 2.57. The largest absolute Gasteiger partial charge is 0.326 e. The van der Waals surface area contributed by atoms with Crippen LogP contribution in [-0.4, -0.2) is 26.0 Å². The minimum atomic E-state index is -0.0152. The lowest BCUT2D eigenvalue weighted by Crippen LogP contribution is -2.29. The Morgan fingerprint density at radius 2 is 2.18 bits per heavy atom. The molecule has 0 radical (unpaired) electrons. The molecule has 0 aliphatic carbocycles. The summed E-state index contributed by atoms with van der Waals surface area (Å²) in [7, 11) is 0. The molecule has 1 N–H and O–H groups in total. The molecule has 3 aromatic rings. The SMILES string of the molecule is CCC1c2ccccc2CN1C(=O)c1[nH]nc2ncccc12. The van der Waals surface area contributed by atoms with E-state index < -0.39 is 0 Å². The molecule has 2 aromatic heterocycles. The van der Waals surface area contributed by atoms with E-state index in [1.807, 2.05) is 29.2 Å². The number of nitrogens with zero attached hydrogens (tertiary/aromatic N) is 3. The number of rotatable bonds is 2. The Labute approximate surface area is 128 Å². The van der Waals surface area contributed by atoms with Gasteiger partial charge < -0.3 is 4.90 Å². The second-order valence-electron chi connectivity index (χ2n) is 5.53. The predicted molar refractivity (Wildman–Crippen MR) is 83.2 cm³/mol. The van der Waals surface area contributed by atoms with Gasteiger partial charge in [-0.1, -0.05) is 31.2 Å². The van der Waals surface area contributed by atoms with Gasteiger partial charge in [-0.15, -0.1) is 0 Å². The summed E-state index contributed by atoms with van der Waals surface area (Å²) in [4.78, 5) is 19.1. The molecule has 0 saturated heterocycles. The predicted octanol–water partition coefficient (Wildman–Crippen LogP) is 3.07. The number of H-pyrrole nitrogens is 1. The van der Waals surface area contributed by atoms with E-state index in [0.717, 1.165) is 11.8 Å². The lowest BCUT2D eigenvalue weighted by molar-refractivity contribution is 0.0683. The van der Waals surface area contributed by atoms with Crippen LogP contribution in [0.2, 0.25) is 0 Å². The van der Waals surface area contributed by atoms with Crippen molar-refractivity contribution < 1.29 is 4.79 Å². The van der Waals surface area contributed by atoms with Crippen LogP contribution in [-0.2, 0) is 6.54 Å². The normalized spacial score (nSPS) is 17.0. The molecule has 1 aliphatic rings. The minimum absolute atomic E-state index is 0.0152. The van der Waals surface area contributed by atoms with Gasteiger partial charge >= 0.3 is 0 Å². The summed E-state index contributed by atoms with van der Waals surface area (Å²) in [6.45, 7) is 2.76. The molecule has 5 nitrogen and oxygen atoms in total. The molecule has 0 fully saturated rings. The molecule has 5 heteroatoms. The summed E-state index contributed by atoms with van der Waals surface area (Å²) in [5, 5.41) is 7.76. The van der Waals surface area contributed by atoms with Crippen molar-refractivity contribution >= 4 is 16.9 Å². The zero-order chi connectivity index (χ0) is 15.1. The van der Waals surface area contributed by atoms with E-state index in [1.165, 1.54) is 11.1 Å². The van der Waals surface area contributed by atoms with Crippen molar-refractivity contribution in [3.63, 3.8) is 0 Å². The molecule has 4 rings (SSSR count). The van der Waals surface area contributed by atoms with Crippen LogP contribution in [0.15, 0.2) is 42.6 Å². The molecule has 0 bridgehead atoms. The number of amides is 1. The number of fused-ring (bicyclic) bond motifs is 2. The number of hydrogen-bond donors (Lipinski definition) is 1. The van der Waals surface area contributed by atoms with Gasteiger partial charge in [0.2, 0.25) is 0 Å². The van der Waals surface area contributed by atoms with Crippen molar-refractivity contribution in [1.29, 1.82) is 0 Å². The Balaban J connectivity index is 1.75. The molecule has 1 aromatic carbocycles. The highest BCUT2D eigenvalue weighted by Crippen LogP contribution is 2.36. The fourth-order valence-corrected chi connectivity index (χ4v) is 3.28. The fraction of sp³-hybridized carbons (Fsp3) is 0.235. The smallest absolute Gasteiger partial charge is 0.273 e. The highest BCUT2D eigenvalue weighted by molar-refractivity contribution is 6.04. The number of nitrogens with one attached hydrogen (secondary N) is 1. The first-order chi connectivity index (χ1) is 10.8. The Morgan fingerprint density at radius 1 is 1.32 bits per heavy atom. The minimum Gasteiger partial charge on any atom is -0.326 e. The van der Waals surface area contributed by atoms with Crippen molar-refractivity contribution in [2.24, 2.45) is 0 Å². The zero-order valence-electron chi connectivity index (χ0n) is 12.3. The molecule has 0 spiro atoms. The first-order valence-electron chi connectivity index (χ1n) is 7.47. The number of carbonyl (C=O) groups excluding carboxylic acids is 1. The van der Waals surface area contributed by atoms with Crippen LogP contribution >= 0.6 is 0 Å². The summed E-state index contributed by atoms with van der Waals surface area (Å²) in [5.74, 6) is -0.0152. The summed E-state index contributed by atoms with van der Waals surface area (Å²) >= 11 is 0. The van der Waals surface area contributed by atoms with Crippen LogP contribution in [0.5, 0.6) is 0 Å². The summed E-state index contributed by atoms with van der Waals surface area (Å²) in [6, 6.07) is 12.1. The molecule has 1 amide bonds. The van der Waals surface area contributed by atoms with Crippen molar-refractivity contribution in [2.45, 2.75) is 25.9 Å². The monoisotopic (exact) mass is 292 g/mol. The number of benzene rings is 1. The van der Waals surface area contributed by atoms with Gasteiger partial charge in [-0.3, -0.25) is 9.89 Å². The van der Waals surface area contributed by atoms with E-state index >= 15 is 0 Å². The maximum atomic E-state index is 13.0. The quantitative estimate of drug-likeness (QED) is 0.789. The lowest BCUT2D eigenvalue weighted by atomic mass is 10.0. The van der Waals surface area contributed by atoms with Gasteiger partial charge in [-0.2, -0.15) is 5.10 Å². The van der Waals surface area contributed by atoms with Gasteiger partial charge in [0.1, 0.15) is 5.69 Å². The standard InChI is InChI=1S/C17H16N4O/c1-2-14-12-7-4-3-6-11(12)10-21(14)17(22)15-13-8-5-9-18-16(13)20-19-15/h3-9,14H,2,10H2,1H3,(H,18,19,20). The molecule has 1 unspecified atom stereocenters. The summed E-state index contributed by atoms with van der Waals surface area (Å²) < 4.78 is 0. The average Bonchev–Trinajstić information content (AvgIpc) is 3.15. The lowest BCUT2D eigenvalue weighted by Gasteiger charge is -2.23. The van der Waals surface area contributed by atoms with Crippen LogP contribution in [0.4, 0.5) is 0 Å². The third-order valence-corrected chi connectivity index (χ3v) is 4.32. The first kappa shape index (κ1) is 13.0. The van der Waals surface area contributed by atoms with Gasteiger partial charge in [0.25, 0.3) is 5.91 Å². The van der Waals surface area contributed by atoms with E-state index in [0.29, 0.717) is 17.9 Å². The maximum absolute atomic E-state index is 13.0. The molecule has 3 heterocycles. The zero-order valence-corrected chi connectivity index (χ0v) is 12.3. The first-order valence-corrected chi connectivity index (χ1v) is 7.47. The van der Waals surface area contributed by atoms with Crippen molar-refractivity contribution in [3.05, 3.63) is 59.4 Å².